The summed E-state index contributed by atoms with van der Waals surface area (Å²) >= 11 is 3.10. The van der Waals surface area contributed by atoms with E-state index in [-0.39, 0.29) is 10.2 Å². The predicted octanol–water partition coefficient (Wildman–Crippen LogP) is 5.73. The smallest absolute Gasteiger partial charge is 0.405 e. The molecule has 1 atom stereocenters. The SMILES string of the molecule is CCCCC(CC)Nc1ccc(OC(F)(F)F)c(Br)c1. The molecule has 0 aliphatic rings. The van der Waals surface area contributed by atoms with Crippen molar-refractivity contribution >= 4 is 21.6 Å². The van der Waals surface area contributed by atoms with Crippen molar-refractivity contribution in [3.8, 4) is 5.75 Å². The van der Waals surface area contributed by atoms with Crippen molar-refractivity contribution in [2.24, 2.45) is 0 Å². The highest BCUT2D eigenvalue weighted by molar-refractivity contribution is 9.10. The number of hydrogen-bond donors (Lipinski definition) is 1. The van der Waals surface area contributed by atoms with Crippen molar-refractivity contribution in [1.82, 2.24) is 0 Å². The van der Waals surface area contributed by atoms with Crippen LogP contribution in [-0.4, -0.2) is 12.4 Å². The maximum atomic E-state index is 12.2. The largest absolute Gasteiger partial charge is 0.573 e. The van der Waals surface area contributed by atoms with Crippen molar-refractivity contribution in [3.05, 3.63) is 22.7 Å². The third-order valence-electron chi connectivity index (χ3n) is 2.93. The Morgan fingerprint density at radius 3 is 2.50 bits per heavy atom. The molecule has 0 amide bonds. The lowest BCUT2D eigenvalue weighted by Crippen LogP contribution is -2.19. The van der Waals surface area contributed by atoms with Crippen LogP contribution >= 0.6 is 15.9 Å². The Labute approximate surface area is 125 Å². The Morgan fingerprint density at radius 1 is 1.30 bits per heavy atom. The number of unbranched alkanes of at least 4 members (excludes halogenated alkanes) is 1. The van der Waals surface area contributed by atoms with Crippen LogP contribution in [0.25, 0.3) is 0 Å². The second-order valence-corrected chi connectivity index (χ2v) is 5.44. The molecule has 1 aromatic rings. The quantitative estimate of drug-likeness (QED) is 0.675. The van der Waals surface area contributed by atoms with Crippen LogP contribution in [0.5, 0.6) is 5.75 Å². The molecule has 0 saturated carbocycles. The van der Waals surface area contributed by atoms with Gasteiger partial charge in [0.15, 0.2) is 0 Å². The summed E-state index contributed by atoms with van der Waals surface area (Å²) in [5.74, 6) is -0.232. The molecular weight excluding hydrogens is 335 g/mol. The van der Waals surface area contributed by atoms with Crippen molar-refractivity contribution in [2.45, 2.75) is 51.9 Å². The van der Waals surface area contributed by atoms with Gasteiger partial charge < -0.3 is 10.1 Å². The molecule has 1 aromatic carbocycles. The minimum atomic E-state index is -4.68. The van der Waals surface area contributed by atoms with Gasteiger partial charge in [0.2, 0.25) is 0 Å². The minimum Gasteiger partial charge on any atom is -0.405 e. The number of anilines is 1. The highest BCUT2D eigenvalue weighted by Crippen LogP contribution is 2.32. The zero-order valence-corrected chi connectivity index (χ0v) is 13.1. The van der Waals surface area contributed by atoms with Crippen LogP contribution in [0.3, 0.4) is 0 Å². The monoisotopic (exact) mass is 353 g/mol. The zero-order chi connectivity index (χ0) is 15.2. The minimum absolute atomic E-state index is 0.232. The van der Waals surface area contributed by atoms with E-state index in [1.807, 2.05) is 0 Å². The number of hydrogen-bond acceptors (Lipinski definition) is 2. The molecule has 0 aliphatic heterocycles. The van der Waals surface area contributed by atoms with Crippen LogP contribution in [0.4, 0.5) is 18.9 Å². The highest BCUT2D eigenvalue weighted by Gasteiger charge is 2.31. The number of halogens is 4. The molecule has 0 saturated heterocycles. The van der Waals surface area contributed by atoms with Gasteiger partial charge >= 0.3 is 6.36 Å². The molecule has 0 aromatic heterocycles. The number of benzene rings is 1. The van der Waals surface area contributed by atoms with Gasteiger partial charge in [0.25, 0.3) is 0 Å². The Balaban J connectivity index is 2.71. The fourth-order valence-corrected chi connectivity index (χ4v) is 2.32. The summed E-state index contributed by atoms with van der Waals surface area (Å²) in [7, 11) is 0. The van der Waals surface area contributed by atoms with Gasteiger partial charge in [-0.3, -0.25) is 0 Å². The van der Waals surface area contributed by atoms with Gasteiger partial charge in [-0.2, -0.15) is 0 Å². The van der Waals surface area contributed by atoms with E-state index in [4.69, 9.17) is 0 Å². The molecular formula is C14H19BrF3NO. The molecule has 114 valence electrons. The van der Waals surface area contributed by atoms with Crippen LogP contribution in [0.1, 0.15) is 39.5 Å². The first-order chi connectivity index (χ1) is 9.35. The number of alkyl halides is 3. The molecule has 20 heavy (non-hydrogen) atoms. The molecule has 0 spiro atoms. The van der Waals surface area contributed by atoms with E-state index in [2.05, 4.69) is 39.8 Å². The lowest BCUT2D eigenvalue weighted by atomic mass is 10.1. The summed E-state index contributed by atoms with van der Waals surface area (Å²) in [5, 5.41) is 3.33. The van der Waals surface area contributed by atoms with E-state index >= 15 is 0 Å². The maximum absolute atomic E-state index is 12.2. The Hall–Kier alpha value is -0.910. The van der Waals surface area contributed by atoms with E-state index in [0.717, 1.165) is 31.4 Å². The van der Waals surface area contributed by atoms with Crippen LogP contribution in [0, 0.1) is 0 Å². The molecule has 1 unspecified atom stereocenters. The van der Waals surface area contributed by atoms with Gasteiger partial charge in [-0.25, -0.2) is 0 Å². The fraction of sp³-hybridized carbons (Fsp3) is 0.571. The summed E-state index contributed by atoms with van der Waals surface area (Å²) in [6.07, 6.45) is -0.406. The Kier molecular flexibility index (Phi) is 6.65. The fourth-order valence-electron chi connectivity index (χ4n) is 1.86. The van der Waals surface area contributed by atoms with Gasteiger partial charge in [0, 0.05) is 11.7 Å². The standard InChI is InChI=1S/C14H19BrF3NO/c1-3-5-6-10(4-2)19-11-7-8-13(12(15)9-11)20-14(16,17)18/h7-10,19H,3-6H2,1-2H3. The van der Waals surface area contributed by atoms with Gasteiger partial charge in [-0.1, -0.05) is 26.7 Å². The topological polar surface area (TPSA) is 21.3 Å². The van der Waals surface area contributed by atoms with Crippen LogP contribution in [-0.2, 0) is 0 Å². The van der Waals surface area contributed by atoms with Crippen LogP contribution in [0.15, 0.2) is 22.7 Å². The van der Waals surface area contributed by atoms with E-state index in [1.54, 1.807) is 12.1 Å². The first kappa shape index (κ1) is 17.1. The molecule has 1 N–H and O–H groups in total. The van der Waals surface area contributed by atoms with E-state index in [0.29, 0.717) is 6.04 Å². The second-order valence-electron chi connectivity index (χ2n) is 4.58. The van der Waals surface area contributed by atoms with Crippen molar-refractivity contribution < 1.29 is 17.9 Å². The molecule has 2 nitrogen and oxygen atoms in total. The third kappa shape index (κ3) is 6.03. The van der Waals surface area contributed by atoms with Gasteiger partial charge in [-0.15, -0.1) is 13.2 Å². The van der Waals surface area contributed by atoms with E-state index in [9.17, 15) is 13.2 Å². The molecule has 0 heterocycles. The summed E-state index contributed by atoms with van der Waals surface area (Å²) in [5.41, 5.74) is 0.786. The normalized spacial score (nSPS) is 13.1. The van der Waals surface area contributed by atoms with Gasteiger partial charge in [0.1, 0.15) is 5.75 Å². The molecule has 0 aliphatic carbocycles. The molecule has 0 bridgehead atoms. The van der Waals surface area contributed by atoms with Crippen LogP contribution < -0.4 is 10.1 Å². The van der Waals surface area contributed by atoms with Crippen molar-refractivity contribution in [1.29, 1.82) is 0 Å². The lowest BCUT2D eigenvalue weighted by molar-refractivity contribution is -0.274. The Morgan fingerprint density at radius 2 is 2.00 bits per heavy atom. The maximum Gasteiger partial charge on any atom is 0.573 e. The zero-order valence-electron chi connectivity index (χ0n) is 11.6. The molecule has 0 fully saturated rings. The van der Waals surface area contributed by atoms with E-state index in [1.165, 1.54) is 6.07 Å². The highest BCUT2D eigenvalue weighted by atomic mass is 79.9. The van der Waals surface area contributed by atoms with Gasteiger partial charge in [-0.05, 0) is 47.0 Å². The lowest BCUT2D eigenvalue weighted by Gasteiger charge is -2.19. The van der Waals surface area contributed by atoms with Gasteiger partial charge in [0.05, 0.1) is 4.47 Å². The number of ether oxygens (including phenoxy) is 1. The second kappa shape index (κ2) is 7.76. The predicted molar refractivity (Wildman–Crippen MR) is 78.1 cm³/mol. The molecule has 6 heteroatoms. The summed E-state index contributed by atoms with van der Waals surface area (Å²) < 4.78 is 40.7. The number of nitrogens with one attached hydrogen (secondary N) is 1. The summed E-state index contributed by atoms with van der Waals surface area (Å²) in [6.45, 7) is 4.22. The average Bonchev–Trinajstić information content (AvgIpc) is 2.36. The number of rotatable bonds is 7. The van der Waals surface area contributed by atoms with Crippen LogP contribution in [0.2, 0.25) is 0 Å². The van der Waals surface area contributed by atoms with E-state index < -0.39 is 6.36 Å². The molecule has 0 radical (unpaired) electrons. The summed E-state index contributed by atoms with van der Waals surface area (Å²) in [4.78, 5) is 0. The molecule has 1 rings (SSSR count). The first-order valence-corrected chi connectivity index (χ1v) is 7.46. The Bertz CT molecular complexity index is 423. The van der Waals surface area contributed by atoms with Crippen molar-refractivity contribution in [2.75, 3.05) is 5.32 Å². The first-order valence-electron chi connectivity index (χ1n) is 6.67. The third-order valence-corrected chi connectivity index (χ3v) is 3.55. The summed E-state index contributed by atoms with van der Waals surface area (Å²) in [6, 6.07) is 4.85. The average molecular weight is 354 g/mol. The van der Waals surface area contributed by atoms with Crippen molar-refractivity contribution in [3.63, 3.8) is 0 Å².